The van der Waals surface area contributed by atoms with Gasteiger partial charge in [-0.05, 0) is 81.9 Å². The second-order valence-electron chi connectivity index (χ2n) is 8.21. The Kier molecular flexibility index (Phi) is 4.98. The van der Waals surface area contributed by atoms with E-state index in [1.54, 1.807) is 0 Å². The molecule has 0 aromatic heterocycles. The zero-order valence-electron chi connectivity index (χ0n) is 15.3. The number of nitrogens with zero attached hydrogens (tertiary/aromatic N) is 2. The highest BCUT2D eigenvalue weighted by molar-refractivity contribution is 5.63. The number of piperidine rings is 1. The normalized spacial score (nSPS) is 23.0. The zero-order chi connectivity index (χ0) is 16.4. The number of fused-ring (bicyclic) bond motifs is 1. The van der Waals surface area contributed by atoms with Crippen LogP contribution in [-0.2, 0) is 6.42 Å². The highest BCUT2D eigenvalue weighted by Crippen LogP contribution is 2.33. The number of benzene rings is 1. The smallest absolute Gasteiger partial charge is 0.0375 e. The van der Waals surface area contributed by atoms with Crippen LogP contribution in [0.1, 0.15) is 50.5 Å². The minimum absolute atomic E-state index is 0.732. The molecule has 1 aromatic rings. The van der Waals surface area contributed by atoms with Gasteiger partial charge in [-0.3, -0.25) is 0 Å². The first-order valence-corrected chi connectivity index (χ1v) is 10.1. The summed E-state index contributed by atoms with van der Waals surface area (Å²) in [5, 5.41) is 3.51. The average molecular weight is 328 g/mol. The molecule has 1 saturated carbocycles. The molecule has 3 aliphatic rings. The Morgan fingerprint density at radius 2 is 1.88 bits per heavy atom. The van der Waals surface area contributed by atoms with Gasteiger partial charge in [0.25, 0.3) is 0 Å². The van der Waals surface area contributed by atoms with Crippen LogP contribution in [0.4, 0.5) is 11.4 Å². The van der Waals surface area contributed by atoms with Crippen LogP contribution in [0.5, 0.6) is 0 Å². The van der Waals surface area contributed by atoms with Gasteiger partial charge in [0.05, 0.1) is 0 Å². The van der Waals surface area contributed by atoms with Crippen LogP contribution in [0.15, 0.2) is 18.2 Å². The number of hydrogen-bond donors (Lipinski definition) is 1. The second-order valence-corrected chi connectivity index (χ2v) is 8.21. The quantitative estimate of drug-likeness (QED) is 0.897. The van der Waals surface area contributed by atoms with Crippen molar-refractivity contribution in [1.82, 2.24) is 4.90 Å². The molecular formula is C21H33N3. The highest BCUT2D eigenvalue weighted by atomic mass is 15.2. The molecule has 1 N–H and O–H groups in total. The van der Waals surface area contributed by atoms with Crippen molar-refractivity contribution < 1.29 is 0 Å². The van der Waals surface area contributed by atoms with Gasteiger partial charge in [-0.15, -0.1) is 0 Å². The standard InChI is InChI=1S/C21H33N3/c1-23-13-10-19(11-14-23)24(16-17-5-3-2-4-6-17)20-7-8-21-18(15-20)9-12-22-21/h7-8,15,17,19,22H,2-6,9-14,16H2,1H3. The van der Waals surface area contributed by atoms with Gasteiger partial charge in [-0.1, -0.05) is 19.3 Å². The fraction of sp³-hybridized carbons (Fsp3) is 0.714. The lowest BCUT2D eigenvalue weighted by atomic mass is 9.88. The first-order chi connectivity index (χ1) is 11.8. The number of hydrogen-bond acceptors (Lipinski definition) is 3. The monoisotopic (exact) mass is 327 g/mol. The molecule has 0 spiro atoms. The van der Waals surface area contributed by atoms with Gasteiger partial charge in [0, 0.05) is 30.5 Å². The SMILES string of the molecule is CN1CCC(N(CC2CCCCC2)c2ccc3c(c2)CCN3)CC1. The lowest BCUT2D eigenvalue weighted by Crippen LogP contribution is -2.46. The predicted octanol–water partition coefficient (Wildman–Crippen LogP) is 4.14. The maximum atomic E-state index is 3.51. The van der Waals surface area contributed by atoms with Crippen molar-refractivity contribution in [2.45, 2.75) is 57.4 Å². The van der Waals surface area contributed by atoms with Gasteiger partial charge >= 0.3 is 0 Å². The second kappa shape index (κ2) is 7.35. The summed E-state index contributed by atoms with van der Waals surface area (Å²) in [6.45, 7) is 4.88. The molecular weight excluding hydrogens is 294 g/mol. The molecule has 0 radical (unpaired) electrons. The lowest BCUT2D eigenvalue weighted by Gasteiger charge is -2.41. The molecule has 1 saturated heterocycles. The molecule has 0 atom stereocenters. The molecule has 0 unspecified atom stereocenters. The highest BCUT2D eigenvalue weighted by Gasteiger charge is 2.27. The van der Waals surface area contributed by atoms with Crippen molar-refractivity contribution >= 4 is 11.4 Å². The number of nitrogens with one attached hydrogen (secondary N) is 1. The van der Waals surface area contributed by atoms with Gasteiger partial charge in [-0.25, -0.2) is 0 Å². The zero-order valence-corrected chi connectivity index (χ0v) is 15.3. The topological polar surface area (TPSA) is 18.5 Å². The Balaban J connectivity index is 1.54. The average Bonchev–Trinajstić information content (AvgIpc) is 3.09. The Morgan fingerprint density at radius 3 is 2.67 bits per heavy atom. The molecule has 2 heterocycles. The van der Waals surface area contributed by atoms with Crippen LogP contribution in [0.25, 0.3) is 0 Å². The van der Waals surface area contributed by atoms with Crippen LogP contribution in [0.3, 0.4) is 0 Å². The molecule has 3 heteroatoms. The molecule has 1 aliphatic carbocycles. The van der Waals surface area contributed by atoms with Crippen LogP contribution in [-0.4, -0.2) is 44.2 Å². The van der Waals surface area contributed by atoms with E-state index in [0.29, 0.717) is 0 Å². The van der Waals surface area contributed by atoms with E-state index < -0.39 is 0 Å². The number of rotatable bonds is 4. The molecule has 1 aromatic carbocycles. The molecule has 4 rings (SSSR count). The minimum atomic E-state index is 0.732. The third-order valence-electron chi connectivity index (χ3n) is 6.44. The largest absolute Gasteiger partial charge is 0.384 e. The van der Waals surface area contributed by atoms with Crippen LogP contribution < -0.4 is 10.2 Å². The Bertz CT molecular complexity index is 542. The maximum Gasteiger partial charge on any atom is 0.0375 e. The van der Waals surface area contributed by atoms with Crippen molar-refractivity contribution in [2.24, 2.45) is 5.92 Å². The Morgan fingerprint density at radius 1 is 1.08 bits per heavy atom. The van der Waals surface area contributed by atoms with Crippen LogP contribution >= 0.6 is 0 Å². The van der Waals surface area contributed by atoms with Gasteiger partial charge < -0.3 is 15.1 Å². The van der Waals surface area contributed by atoms with E-state index in [-0.39, 0.29) is 0 Å². The van der Waals surface area contributed by atoms with E-state index in [2.05, 4.69) is 40.4 Å². The number of anilines is 2. The molecule has 132 valence electrons. The van der Waals surface area contributed by atoms with Gasteiger partial charge in [0.1, 0.15) is 0 Å². The van der Waals surface area contributed by atoms with Crippen molar-refractivity contribution in [3.8, 4) is 0 Å². The summed E-state index contributed by atoms with van der Waals surface area (Å²) in [5.41, 5.74) is 4.37. The summed E-state index contributed by atoms with van der Waals surface area (Å²) >= 11 is 0. The molecule has 0 amide bonds. The van der Waals surface area contributed by atoms with E-state index in [1.165, 1.54) is 87.9 Å². The Hall–Kier alpha value is -1.22. The first-order valence-electron chi connectivity index (χ1n) is 10.1. The third-order valence-corrected chi connectivity index (χ3v) is 6.44. The van der Waals surface area contributed by atoms with E-state index in [1.807, 2.05) is 0 Å². The molecule has 3 nitrogen and oxygen atoms in total. The molecule has 0 bridgehead atoms. The summed E-state index contributed by atoms with van der Waals surface area (Å²) < 4.78 is 0. The summed E-state index contributed by atoms with van der Waals surface area (Å²) in [5.74, 6) is 0.907. The third kappa shape index (κ3) is 3.56. The predicted molar refractivity (Wildman–Crippen MR) is 103 cm³/mol. The number of likely N-dealkylation sites (tertiary alicyclic amines) is 1. The van der Waals surface area contributed by atoms with Crippen molar-refractivity contribution in [2.75, 3.05) is 43.4 Å². The van der Waals surface area contributed by atoms with Gasteiger partial charge in [0.15, 0.2) is 0 Å². The Labute approximate surface area is 147 Å². The van der Waals surface area contributed by atoms with E-state index >= 15 is 0 Å². The minimum Gasteiger partial charge on any atom is -0.384 e. The molecule has 2 fully saturated rings. The summed E-state index contributed by atoms with van der Waals surface area (Å²) in [4.78, 5) is 5.28. The summed E-state index contributed by atoms with van der Waals surface area (Å²) in [6.07, 6.45) is 11.0. The summed E-state index contributed by atoms with van der Waals surface area (Å²) in [6, 6.07) is 7.91. The fourth-order valence-electron chi connectivity index (χ4n) is 4.89. The van der Waals surface area contributed by atoms with Crippen molar-refractivity contribution in [3.05, 3.63) is 23.8 Å². The van der Waals surface area contributed by atoms with E-state index in [9.17, 15) is 0 Å². The van der Waals surface area contributed by atoms with E-state index in [4.69, 9.17) is 0 Å². The van der Waals surface area contributed by atoms with E-state index in [0.717, 1.165) is 18.5 Å². The van der Waals surface area contributed by atoms with Gasteiger partial charge in [-0.2, -0.15) is 0 Å². The summed E-state index contributed by atoms with van der Waals surface area (Å²) in [7, 11) is 2.27. The molecule has 2 aliphatic heterocycles. The fourth-order valence-corrected chi connectivity index (χ4v) is 4.89. The lowest BCUT2D eigenvalue weighted by molar-refractivity contribution is 0.242. The first kappa shape index (κ1) is 16.3. The maximum absolute atomic E-state index is 3.51. The van der Waals surface area contributed by atoms with Gasteiger partial charge in [0.2, 0.25) is 0 Å². The van der Waals surface area contributed by atoms with Crippen LogP contribution in [0, 0.1) is 5.92 Å². The van der Waals surface area contributed by atoms with Crippen molar-refractivity contribution in [3.63, 3.8) is 0 Å². The van der Waals surface area contributed by atoms with Crippen LogP contribution in [0.2, 0.25) is 0 Å². The molecule has 24 heavy (non-hydrogen) atoms. The van der Waals surface area contributed by atoms with Crippen molar-refractivity contribution in [1.29, 1.82) is 0 Å².